The topological polar surface area (TPSA) is 12.9 Å². The average Bonchev–Trinajstić information content (AvgIpc) is 2.68. The van der Waals surface area contributed by atoms with E-state index in [2.05, 4.69) is 58.4 Å². The summed E-state index contributed by atoms with van der Waals surface area (Å²) in [5.41, 5.74) is 6.21. The van der Waals surface area contributed by atoms with E-state index in [1.807, 2.05) is 48.5 Å². The summed E-state index contributed by atoms with van der Waals surface area (Å²) in [5, 5.41) is 0.703. The summed E-state index contributed by atoms with van der Waals surface area (Å²) >= 11 is 9.81. The van der Waals surface area contributed by atoms with Gasteiger partial charge in [0.1, 0.15) is 0 Å². The monoisotopic (exact) mass is 419 g/mol. The molecule has 0 aliphatic rings. The van der Waals surface area contributed by atoms with E-state index in [0.717, 1.165) is 38.1 Å². The molecular formula is C23H15BrClN. The van der Waals surface area contributed by atoms with Crippen LogP contribution in [0.5, 0.6) is 0 Å². The van der Waals surface area contributed by atoms with Gasteiger partial charge >= 0.3 is 0 Å². The number of halogens is 2. The van der Waals surface area contributed by atoms with Gasteiger partial charge in [0.25, 0.3) is 0 Å². The molecule has 0 unspecified atom stereocenters. The molecule has 126 valence electrons. The molecule has 3 aromatic carbocycles. The van der Waals surface area contributed by atoms with Crippen LogP contribution in [0.3, 0.4) is 0 Å². The third-order valence-corrected chi connectivity index (χ3v) is 4.84. The van der Waals surface area contributed by atoms with Gasteiger partial charge in [0.2, 0.25) is 0 Å². The predicted molar refractivity (Wildman–Crippen MR) is 113 cm³/mol. The van der Waals surface area contributed by atoms with Crippen LogP contribution in [0.2, 0.25) is 5.02 Å². The van der Waals surface area contributed by atoms with Gasteiger partial charge in [0.15, 0.2) is 0 Å². The Morgan fingerprint density at radius 3 is 1.58 bits per heavy atom. The van der Waals surface area contributed by atoms with Crippen molar-refractivity contribution >= 4 is 27.5 Å². The molecule has 0 aliphatic carbocycles. The summed E-state index contributed by atoms with van der Waals surface area (Å²) in [6, 6.07) is 30.6. The second-order valence-electron chi connectivity index (χ2n) is 6.02. The van der Waals surface area contributed by atoms with Crippen molar-refractivity contribution in [3.63, 3.8) is 0 Å². The molecule has 0 saturated carbocycles. The minimum atomic E-state index is 0.703. The van der Waals surface area contributed by atoms with E-state index in [-0.39, 0.29) is 0 Å². The fraction of sp³-hybridized carbons (Fsp3) is 0. The zero-order valence-corrected chi connectivity index (χ0v) is 16.2. The van der Waals surface area contributed by atoms with E-state index in [9.17, 15) is 0 Å². The molecule has 0 saturated heterocycles. The Kier molecular flexibility index (Phi) is 4.87. The highest BCUT2D eigenvalue weighted by Crippen LogP contribution is 2.32. The van der Waals surface area contributed by atoms with E-state index in [0.29, 0.717) is 5.02 Å². The summed E-state index contributed by atoms with van der Waals surface area (Å²) in [5.74, 6) is 0. The van der Waals surface area contributed by atoms with Crippen molar-refractivity contribution in [2.45, 2.75) is 0 Å². The third-order valence-electron chi connectivity index (χ3n) is 4.16. The Hall–Kier alpha value is -2.42. The summed E-state index contributed by atoms with van der Waals surface area (Å²) in [7, 11) is 0. The van der Waals surface area contributed by atoms with E-state index in [1.165, 1.54) is 0 Å². The highest BCUT2D eigenvalue weighted by Gasteiger charge is 2.09. The molecule has 3 heteroatoms. The molecule has 1 aromatic heterocycles. The standard InChI is InChI=1S/C23H15BrClN/c24-20-11-18(12-21(25)15-20)19-13-22(16-7-3-1-4-8-16)26-23(14-19)17-9-5-2-6-10-17/h1-15H. The van der Waals surface area contributed by atoms with Crippen LogP contribution >= 0.6 is 27.5 Å². The lowest BCUT2D eigenvalue weighted by atomic mass is 10.00. The van der Waals surface area contributed by atoms with Gasteiger partial charge in [-0.25, -0.2) is 4.98 Å². The zero-order valence-electron chi connectivity index (χ0n) is 13.9. The lowest BCUT2D eigenvalue weighted by Gasteiger charge is -2.11. The third kappa shape index (κ3) is 3.72. The molecular weight excluding hydrogens is 406 g/mol. The van der Waals surface area contributed by atoms with Crippen molar-refractivity contribution in [1.29, 1.82) is 0 Å². The minimum Gasteiger partial charge on any atom is -0.248 e. The maximum absolute atomic E-state index is 6.27. The van der Waals surface area contributed by atoms with E-state index in [1.54, 1.807) is 0 Å². The summed E-state index contributed by atoms with van der Waals surface area (Å²) in [4.78, 5) is 4.90. The number of rotatable bonds is 3. The van der Waals surface area contributed by atoms with Crippen LogP contribution in [0.4, 0.5) is 0 Å². The van der Waals surface area contributed by atoms with E-state index in [4.69, 9.17) is 16.6 Å². The van der Waals surface area contributed by atoms with E-state index < -0.39 is 0 Å². The molecule has 4 rings (SSSR count). The van der Waals surface area contributed by atoms with Crippen LogP contribution < -0.4 is 0 Å². The summed E-state index contributed by atoms with van der Waals surface area (Å²) in [6.07, 6.45) is 0. The van der Waals surface area contributed by atoms with Gasteiger partial charge in [-0.3, -0.25) is 0 Å². The Balaban J connectivity index is 1.93. The smallest absolute Gasteiger partial charge is 0.0715 e. The highest BCUT2D eigenvalue weighted by atomic mass is 79.9. The number of hydrogen-bond donors (Lipinski definition) is 0. The second-order valence-corrected chi connectivity index (χ2v) is 7.37. The lowest BCUT2D eigenvalue weighted by Crippen LogP contribution is -1.91. The van der Waals surface area contributed by atoms with Gasteiger partial charge in [0.05, 0.1) is 11.4 Å². The number of benzene rings is 3. The Labute approximate surface area is 166 Å². The first-order valence-electron chi connectivity index (χ1n) is 8.28. The van der Waals surface area contributed by atoms with Gasteiger partial charge < -0.3 is 0 Å². The van der Waals surface area contributed by atoms with Crippen molar-refractivity contribution < 1.29 is 0 Å². The molecule has 0 spiro atoms. The molecule has 26 heavy (non-hydrogen) atoms. The maximum atomic E-state index is 6.27. The fourth-order valence-corrected chi connectivity index (χ4v) is 3.79. The summed E-state index contributed by atoms with van der Waals surface area (Å²) in [6.45, 7) is 0. The van der Waals surface area contributed by atoms with Crippen LogP contribution in [-0.4, -0.2) is 4.98 Å². The number of aromatic nitrogens is 1. The van der Waals surface area contributed by atoms with Gasteiger partial charge in [0, 0.05) is 20.6 Å². The molecule has 4 aromatic rings. The molecule has 0 aliphatic heterocycles. The molecule has 0 amide bonds. The highest BCUT2D eigenvalue weighted by molar-refractivity contribution is 9.10. The quantitative estimate of drug-likeness (QED) is 0.334. The molecule has 0 atom stereocenters. The van der Waals surface area contributed by atoms with Crippen LogP contribution in [0, 0.1) is 0 Å². The molecule has 0 fully saturated rings. The molecule has 0 N–H and O–H groups in total. The summed E-state index contributed by atoms with van der Waals surface area (Å²) < 4.78 is 0.958. The van der Waals surface area contributed by atoms with Crippen molar-refractivity contribution in [3.05, 3.63) is 100 Å². The van der Waals surface area contributed by atoms with Crippen molar-refractivity contribution in [2.24, 2.45) is 0 Å². The Bertz CT molecular complexity index is 968. The van der Waals surface area contributed by atoms with Gasteiger partial charge in [-0.1, -0.05) is 88.2 Å². The SMILES string of the molecule is Clc1cc(Br)cc(-c2cc(-c3ccccc3)nc(-c3ccccc3)c2)c1. The number of pyridine rings is 1. The maximum Gasteiger partial charge on any atom is 0.0715 e. The zero-order chi connectivity index (χ0) is 17.9. The molecule has 1 nitrogen and oxygen atoms in total. The first-order valence-corrected chi connectivity index (χ1v) is 9.45. The van der Waals surface area contributed by atoms with Crippen molar-refractivity contribution in [2.75, 3.05) is 0 Å². The van der Waals surface area contributed by atoms with Gasteiger partial charge in [-0.2, -0.15) is 0 Å². The first kappa shape index (κ1) is 17.0. The van der Waals surface area contributed by atoms with E-state index >= 15 is 0 Å². The van der Waals surface area contributed by atoms with Crippen LogP contribution in [-0.2, 0) is 0 Å². The Morgan fingerprint density at radius 1 is 0.577 bits per heavy atom. The van der Waals surface area contributed by atoms with Gasteiger partial charge in [-0.05, 0) is 41.5 Å². The largest absolute Gasteiger partial charge is 0.248 e. The normalized spacial score (nSPS) is 10.7. The van der Waals surface area contributed by atoms with Gasteiger partial charge in [-0.15, -0.1) is 0 Å². The van der Waals surface area contributed by atoms with Crippen molar-refractivity contribution in [1.82, 2.24) is 4.98 Å². The molecule has 0 radical (unpaired) electrons. The lowest BCUT2D eigenvalue weighted by molar-refractivity contribution is 1.32. The van der Waals surface area contributed by atoms with Crippen molar-refractivity contribution in [3.8, 4) is 33.6 Å². The van der Waals surface area contributed by atoms with Crippen LogP contribution in [0.25, 0.3) is 33.6 Å². The predicted octanol–water partition coefficient (Wildman–Crippen LogP) is 7.50. The Morgan fingerprint density at radius 2 is 1.08 bits per heavy atom. The average molecular weight is 421 g/mol. The van der Waals surface area contributed by atoms with Crippen LogP contribution in [0.15, 0.2) is 95.5 Å². The molecule has 1 heterocycles. The fourth-order valence-electron chi connectivity index (χ4n) is 2.93. The molecule has 0 bridgehead atoms. The van der Waals surface area contributed by atoms with Crippen LogP contribution in [0.1, 0.15) is 0 Å². The first-order chi connectivity index (χ1) is 12.7. The number of hydrogen-bond acceptors (Lipinski definition) is 1. The minimum absolute atomic E-state index is 0.703. The second kappa shape index (κ2) is 7.45. The number of nitrogens with zero attached hydrogens (tertiary/aromatic N) is 1.